The monoisotopic (exact) mass is 197 g/mol. The van der Waals surface area contributed by atoms with Gasteiger partial charge in [-0.15, -0.1) is 0 Å². The molecule has 82 valence electrons. The van der Waals surface area contributed by atoms with Crippen molar-refractivity contribution in [3.63, 3.8) is 0 Å². The van der Waals surface area contributed by atoms with Crippen molar-refractivity contribution in [1.82, 2.24) is 0 Å². The lowest BCUT2D eigenvalue weighted by Gasteiger charge is -2.45. The molecule has 2 nitrogen and oxygen atoms in total. The molecule has 3 unspecified atom stereocenters. The molecular weight excluding hydrogens is 174 g/mol. The fourth-order valence-corrected chi connectivity index (χ4v) is 3.57. The Morgan fingerprint density at radius 2 is 2.21 bits per heavy atom. The Morgan fingerprint density at radius 3 is 2.93 bits per heavy atom. The quantitative estimate of drug-likeness (QED) is 0.727. The van der Waals surface area contributed by atoms with Crippen LogP contribution < -0.4 is 5.73 Å². The molecule has 0 aromatic heterocycles. The zero-order valence-corrected chi connectivity index (χ0v) is 9.04. The third kappa shape index (κ3) is 2.29. The molecule has 0 aromatic carbocycles. The van der Waals surface area contributed by atoms with Crippen LogP contribution in [0.3, 0.4) is 0 Å². The highest BCUT2D eigenvalue weighted by Gasteiger charge is 2.41. The molecule has 0 saturated heterocycles. The molecule has 0 aliphatic heterocycles. The summed E-state index contributed by atoms with van der Waals surface area (Å²) in [7, 11) is 0. The first-order valence-corrected chi connectivity index (χ1v) is 6.14. The SMILES string of the molecule is NCCCC1CC2CCCC(O)(C1)C2. The van der Waals surface area contributed by atoms with E-state index in [9.17, 15) is 5.11 Å². The number of rotatable bonds is 3. The fraction of sp³-hybridized carbons (Fsp3) is 1.00. The minimum absolute atomic E-state index is 0.291. The standard InChI is InChI=1S/C12H23NO/c13-6-2-4-11-7-10-3-1-5-12(14,8-10)9-11/h10-11,14H,1-9,13H2. The van der Waals surface area contributed by atoms with E-state index in [2.05, 4.69) is 0 Å². The van der Waals surface area contributed by atoms with Crippen molar-refractivity contribution in [1.29, 1.82) is 0 Å². The molecule has 0 radical (unpaired) electrons. The van der Waals surface area contributed by atoms with E-state index in [0.717, 1.165) is 44.1 Å². The van der Waals surface area contributed by atoms with E-state index in [1.54, 1.807) is 0 Å². The molecule has 2 bridgehead atoms. The molecule has 3 atom stereocenters. The van der Waals surface area contributed by atoms with Gasteiger partial charge in [0.05, 0.1) is 5.60 Å². The molecule has 2 aliphatic carbocycles. The lowest BCUT2D eigenvalue weighted by atomic mass is 9.64. The molecular formula is C12H23NO. The summed E-state index contributed by atoms with van der Waals surface area (Å²) in [5.74, 6) is 1.56. The maximum atomic E-state index is 10.3. The molecule has 0 aromatic rings. The van der Waals surface area contributed by atoms with E-state index >= 15 is 0 Å². The van der Waals surface area contributed by atoms with Crippen LogP contribution in [-0.4, -0.2) is 17.3 Å². The molecule has 2 saturated carbocycles. The van der Waals surface area contributed by atoms with Crippen molar-refractivity contribution in [2.45, 2.75) is 57.0 Å². The first-order chi connectivity index (χ1) is 6.72. The maximum Gasteiger partial charge on any atom is 0.0653 e. The largest absolute Gasteiger partial charge is 0.390 e. The zero-order chi connectivity index (χ0) is 10.0. The van der Waals surface area contributed by atoms with Gasteiger partial charge in [-0.3, -0.25) is 0 Å². The van der Waals surface area contributed by atoms with Crippen LogP contribution in [0.5, 0.6) is 0 Å². The highest BCUT2D eigenvalue weighted by Crippen LogP contribution is 2.46. The summed E-state index contributed by atoms with van der Waals surface area (Å²) < 4.78 is 0. The van der Waals surface area contributed by atoms with Gasteiger partial charge in [-0.05, 0) is 56.9 Å². The fourth-order valence-electron chi connectivity index (χ4n) is 3.57. The van der Waals surface area contributed by atoms with E-state index in [-0.39, 0.29) is 5.60 Å². The van der Waals surface area contributed by atoms with Gasteiger partial charge in [-0.25, -0.2) is 0 Å². The summed E-state index contributed by atoms with van der Waals surface area (Å²) in [6.07, 6.45) is 9.47. The molecule has 2 fully saturated rings. The van der Waals surface area contributed by atoms with Crippen molar-refractivity contribution in [2.75, 3.05) is 6.54 Å². The third-order valence-corrected chi connectivity index (χ3v) is 4.07. The average molecular weight is 197 g/mol. The second-order valence-corrected chi connectivity index (χ2v) is 5.42. The van der Waals surface area contributed by atoms with Gasteiger partial charge in [-0.1, -0.05) is 12.8 Å². The first-order valence-electron chi connectivity index (χ1n) is 6.14. The zero-order valence-electron chi connectivity index (χ0n) is 9.04. The summed E-state index contributed by atoms with van der Waals surface area (Å²) in [4.78, 5) is 0. The minimum atomic E-state index is -0.291. The summed E-state index contributed by atoms with van der Waals surface area (Å²) >= 11 is 0. The van der Waals surface area contributed by atoms with Gasteiger partial charge in [-0.2, -0.15) is 0 Å². The van der Waals surface area contributed by atoms with E-state index in [0.29, 0.717) is 0 Å². The van der Waals surface area contributed by atoms with Gasteiger partial charge >= 0.3 is 0 Å². The molecule has 2 aliphatic rings. The number of nitrogens with two attached hydrogens (primary N) is 1. The van der Waals surface area contributed by atoms with E-state index in [1.165, 1.54) is 25.7 Å². The van der Waals surface area contributed by atoms with Crippen LogP contribution in [0.25, 0.3) is 0 Å². The van der Waals surface area contributed by atoms with Crippen molar-refractivity contribution in [3.05, 3.63) is 0 Å². The third-order valence-electron chi connectivity index (χ3n) is 4.07. The predicted molar refractivity (Wildman–Crippen MR) is 57.9 cm³/mol. The van der Waals surface area contributed by atoms with Crippen LogP contribution in [-0.2, 0) is 0 Å². The summed E-state index contributed by atoms with van der Waals surface area (Å²) in [6.45, 7) is 0.805. The van der Waals surface area contributed by atoms with Crippen LogP contribution >= 0.6 is 0 Å². The molecule has 2 heteroatoms. The summed E-state index contributed by atoms with van der Waals surface area (Å²) in [5, 5.41) is 10.3. The molecule has 3 N–H and O–H groups in total. The molecule has 0 spiro atoms. The Labute approximate surface area is 86.9 Å². The molecule has 0 amide bonds. The number of hydrogen-bond acceptors (Lipinski definition) is 2. The summed E-state index contributed by atoms with van der Waals surface area (Å²) in [6, 6.07) is 0. The van der Waals surface area contributed by atoms with Gasteiger partial charge in [0.1, 0.15) is 0 Å². The highest BCUT2D eigenvalue weighted by atomic mass is 16.3. The van der Waals surface area contributed by atoms with Crippen LogP contribution in [0.4, 0.5) is 0 Å². The van der Waals surface area contributed by atoms with Gasteiger partial charge in [0, 0.05) is 0 Å². The van der Waals surface area contributed by atoms with Crippen LogP contribution in [0, 0.1) is 11.8 Å². The molecule has 14 heavy (non-hydrogen) atoms. The van der Waals surface area contributed by atoms with Gasteiger partial charge in [0.15, 0.2) is 0 Å². The Hall–Kier alpha value is -0.0800. The van der Waals surface area contributed by atoms with Crippen LogP contribution in [0.2, 0.25) is 0 Å². The Kier molecular flexibility index (Phi) is 3.13. The topological polar surface area (TPSA) is 46.2 Å². The van der Waals surface area contributed by atoms with Crippen LogP contribution in [0.15, 0.2) is 0 Å². The van der Waals surface area contributed by atoms with Crippen molar-refractivity contribution in [2.24, 2.45) is 17.6 Å². The first kappa shape index (κ1) is 10.4. The number of fused-ring (bicyclic) bond motifs is 2. The Bertz CT molecular complexity index is 195. The van der Waals surface area contributed by atoms with E-state index in [4.69, 9.17) is 5.73 Å². The Balaban J connectivity index is 1.90. The average Bonchev–Trinajstić information content (AvgIpc) is 2.13. The van der Waals surface area contributed by atoms with Crippen molar-refractivity contribution >= 4 is 0 Å². The lowest BCUT2D eigenvalue weighted by molar-refractivity contribution is -0.0684. The number of hydrogen-bond donors (Lipinski definition) is 2. The highest BCUT2D eigenvalue weighted by molar-refractivity contribution is 4.93. The second-order valence-electron chi connectivity index (χ2n) is 5.42. The van der Waals surface area contributed by atoms with Gasteiger partial charge in [0.25, 0.3) is 0 Å². The molecule has 2 rings (SSSR count). The smallest absolute Gasteiger partial charge is 0.0653 e. The normalized spacial score (nSPS) is 42.4. The van der Waals surface area contributed by atoms with Crippen molar-refractivity contribution in [3.8, 4) is 0 Å². The second kappa shape index (κ2) is 4.19. The van der Waals surface area contributed by atoms with Crippen molar-refractivity contribution < 1.29 is 5.11 Å². The number of aliphatic hydroxyl groups is 1. The van der Waals surface area contributed by atoms with E-state index in [1.807, 2.05) is 0 Å². The van der Waals surface area contributed by atoms with Gasteiger partial charge in [0.2, 0.25) is 0 Å². The molecule has 0 heterocycles. The van der Waals surface area contributed by atoms with E-state index < -0.39 is 0 Å². The maximum absolute atomic E-state index is 10.3. The summed E-state index contributed by atoms with van der Waals surface area (Å²) in [5.41, 5.74) is 5.24. The predicted octanol–water partition coefficient (Wildman–Crippen LogP) is 2.06. The van der Waals surface area contributed by atoms with Gasteiger partial charge < -0.3 is 10.8 Å². The lowest BCUT2D eigenvalue weighted by Crippen LogP contribution is -2.42. The van der Waals surface area contributed by atoms with Crippen LogP contribution in [0.1, 0.15) is 51.4 Å². The minimum Gasteiger partial charge on any atom is -0.390 e. The Morgan fingerprint density at radius 1 is 1.36 bits per heavy atom.